The number of benzene rings is 2. The molecule has 4 rings (SSSR count). The fourth-order valence-corrected chi connectivity index (χ4v) is 7.95. The Labute approximate surface area is 294 Å². The SMILES string of the molecule is CCC(C)(C)c1ccc(C[C@@H](C)C[N+]2([O-])C[C@@H](C)O[C@@H](C)C2)cc1.CCC(C)(C)c1ccc(C[C@H](C)C[N+]2([O-])C[C@@H](C)O[C@@H](C)C2)cc1. The third-order valence-electron chi connectivity index (χ3n) is 11.0. The quantitative estimate of drug-likeness (QED) is 0.167. The zero-order chi connectivity index (χ0) is 35.9. The van der Waals surface area contributed by atoms with E-state index in [-0.39, 0.29) is 44.5 Å². The normalized spacial score (nSPS) is 29.5. The first-order valence-corrected chi connectivity index (χ1v) is 18.9. The number of hydroxylamine groups is 6. The highest BCUT2D eigenvalue weighted by atomic mass is 16.6. The van der Waals surface area contributed by atoms with E-state index in [0.717, 1.165) is 25.7 Å². The Morgan fingerprint density at radius 3 is 1.10 bits per heavy atom. The molecule has 0 N–H and O–H groups in total. The Kier molecular flexibility index (Phi) is 14.3. The average molecular weight is 667 g/mol. The van der Waals surface area contributed by atoms with Gasteiger partial charge in [0.05, 0.1) is 13.1 Å². The van der Waals surface area contributed by atoms with Crippen LogP contribution in [0, 0.1) is 22.3 Å². The van der Waals surface area contributed by atoms with Crippen LogP contribution in [0.25, 0.3) is 0 Å². The molecule has 2 aromatic rings. The largest absolute Gasteiger partial charge is 0.633 e. The number of quaternary nitrogens is 2. The van der Waals surface area contributed by atoms with Gasteiger partial charge in [-0.25, -0.2) is 0 Å². The van der Waals surface area contributed by atoms with E-state index in [1.807, 2.05) is 27.7 Å². The molecular formula is C42H70N2O4. The Balaban J connectivity index is 0.000000260. The summed E-state index contributed by atoms with van der Waals surface area (Å²) in [6.07, 6.45) is 4.47. The molecule has 2 aromatic carbocycles. The predicted molar refractivity (Wildman–Crippen MR) is 202 cm³/mol. The van der Waals surface area contributed by atoms with E-state index in [0.29, 0.717) is 51.1 Å². The van der Waals surface area contributed by atoms with Crippen molar-refractivity contribution >= 4 is 0 Å². The maximum absolute atomic E-state index is 13.0. The lowest BCUT2D eigenvalue weighted by molar-refractivity contribution is -0.898. The molecule has 0 bridgehead atoms. The molecule has 6 nitrogen and oxygen atoms in total. The fraction of sp³-hybridized carbons (Fsp3) is 0.714. The number of ether oxygens (including phenoxy) is 2. The zero-order valence-electron chi connectivity index (χ0n) is 32.7. The first-order valence-electron chi connectivity index (χ1n) is 18.9. The predicted octanol–water partition coefficient (Wildman–Crippen LogP) is 9.35. The van der Waals surface area contributed by atoms with E-state index in [4.69, 9.17) is 9.47 Å². The topological polar surface area (TPSA) is 64.6 Å². The van der Waals surface area contributed by atoms with Crippen molar-refractivity contribution in [2.24, 2.45) is 11.8 Å². The number of hydrogen-bond acceptors (Lipinski definition) is 4. The molecule has 272 valence electrons. The van der Waals surface area contributed by atoms with Crippen LogP contribution in [0.4, 0.5) is 0 Å². The van der Waals surface area contributed by atoms with Crippen molar-refractivity contribution in [3.8, 4) is 0 Å². The molecule has 48 heavy (non-hydrogen) atoms. The van der Waals surface area contributed by atoms with Gasteiger partial charge in [-0.3, -0.25) is 0 Å². The first kappa shape index (κ1) is 40.6. The molecule has 0 spiro atoms. The van der Waals surface area contributed by atoms with Gasteiger partial charge in [0, 0.05) is 11.8 Å². The molecule has 2 fully saturated rings. The van der Waals surface area contributed by atoms with Crippen LogP contribution in [0.3, 0.4) is 0 Å². The lowest BCUT2D eigenvalue weighted by atomic mass is 9.82. The Bertz CT molecular complexity index is 1120. The van der Waals surface area contributed by atoms with Gasteiger partial charge >= 0.3 is 0 Å². The minimum atomic E-state index is -0.107. The van der Waals surface area contributed by atoms with E-state index in [2.05, 4.69) is 104 Å². The Morgan fingerprint density at radius 2 is 0.854 bits per heavy atom. The second-order valence-electron chi connectivity index (χ2n) is 17.2. The van der Waals surface area contributed by atoms with Crippen LogP contribution in [0.1, 0.15) is 118 Å². The standard InChI is InChI=1S/2C21H35NO2/c2*1-7-21(5,6)20-10-8-19(9-11-20)12-16(2)13-22(23)14-17(3)24-18(4)15-22/h2*8-11,16-18H,7,12-15H2,1-6H3/t2*16-,17-,18+,22?/m10/s1. The lowest BCUT2D eigenvalue weighted by Gasteiger charge is -2.50. The summed E-state index contributed by atoms with van der Waals surface area (Å²) in [6, 6.07) is 18.0. The number of hydrogen-bond donors (Lipinski definition) is 0. The third kappa shape index (κ3) is 12.2. The van der Waals surface area contributed by atoms with Gasteiger partial charge < -0.3 is 29.2 Å². The molecule has 0 amide bonds. The van der Waals surface area contributed by atoms with Gasteiger partial charge in [0.15, 0.2) is 0 Å². The lowest BCUT2D eigenvalue weighted by Crippen LogP contribution is -2.57. The molecule has 2 aliphatic heterocycles. The molecule has 0 aliphatic carbocycles. The molecule has 2 saturated heterocycles. The van der Waals surface area contributed by atoms with Crippen LogP contribution < -0.4 is 0 Å². The zero-order valence-corrected chi connectivity index (χ0v) is 32.7. The molecule has 6 heteroatoms. The maximum atomic E-state index is 13.0. The monoisotopic (exact) mass is 667 g/mol. The third-order valence-corrected chi connectivity index (χ3v) is 11.0. The highest BCUT2D eigenvalue weighted by Crippen LogP contribution is 2.29. The van der Waals surface area contributed by atoms with Gasteiger partial charge in [-0.1, -0.05) is 104 Å². The summed E-state index contributed by atoms with van der Waals surface area (Å²) >= 11 is 0. The van der Waals surface area contributed by atoms with Gasteiger partial charge in [-0.15, -0.1) is 0 Å². The fourth-order valence-electron chi connectivity index (χ4n) is 7.95. The average Bonchev–Trinajstić information content (AvgIpc) is 2.96. The van der Waals surface area contributed by atoms with Crippen LogP contribution in [0.5, 0.6) is 0 Å². The van der Waals surface area contributed by atoms with E-state index in [1.165, 1.54) is 22.3 Å². The number of nitrogens with zero attached hydrogens (tertiary/aromatic N) is 2. The molecular weight excluding hydrogens is 596 g/mol. The van der Waals surface area contributed by atoms with Gasteiger partial charge in [-0.05, 0) is 86.5 Å². The Hall–Kier alpha value is -1.80. The summed E-state index contributed by atoms with van der Waals surface area (Å²) in [5.74, 6) is 0.759. The van der Waals surface area contributed by atoms with Crippen LogP contribution in [0.2, 0.25) is 0 Å². The van der Waals surface area contributed by atoms with Crippen LogP contribution in [0.15, 0.2) is 48.5 Å². The summed E-state index contributed by atoms with van der Waals surface area (Å²) < 4.78 is 11.2. The van der Waals surface area contributed by atoms with Crippen molar-refractivity contribution in [3.05, 3.63) is 81.2 Å². The van der Waals surface area contributed by atoms with Crippen molar-refractivity contribution in [2.75, 3.05) is 39.3 Å². The minimum Gasteiger partial charge on any atom is -0.633 e. The summed E-state index contributed by atoms with van der Waals surface area (Å²) in [6.45, 7) is 29.8. The summed E-state index contributed by atoms with van der Waals surface area (Å²) in [5.41, 5.74) is 5.91. The second kappa shape index (κ2) is 16.9. The molecule has 0 aromatic heterocycles. The van der Waals surface area contributed by atoms with Crippen molar-refractivity contribution < 1.29 is 18.8 Å². The van der Waals surface area contributed by atoms with Gasteiger partial charge in [0.1, 0.15) is 50.6 Å². The highest BCUT2D eigenvalue weighted by Gasteiger charge is 2.33. The van der Waals surface area contributed by atoms with Gasteiger partial charge in [0.2, 0.25) is 0 Å². The van der Waals surface area contributed by atoms with E-state index in [1.54, 1.807) is 0 Å². The van der Waals surface area contributed by atoms with E-state index >= 15 is 0 Å². The smallest absolute Gasteiger partial charge is 0.105 e. The number of morpholine rings is 2. The van der Waals surface area contributed by atoms with Gasteiger partial charge in [0.25, 0.3) is 0 Å². The molecule has 2 unspecified atom stereocenters. The van der Waals surface area contributed by atoms with Crippen molar-refractivity contribution in [2.45, 2.75) is 144 Å². The van der Waals surface area contributed by atoms with Crippen molar-refractivity contribution in [3.63, 3.8) is 0 Å². The number of rotatable bonds is 12. The minimum absolute atomic E-state index is 0.0639. The molecule has 0 saturated carbocycles. The summed E-state index contributed by atoms with van der Waals surface area (Å²) in [7, 11) is 0. The van der Waals surface area contributed by atoms with E-state index in [9.17, 15) is 10.4 Å². The van der Waals surface area contributed by atoms with Gasteiger partial charge in [-0.2, -0.15) is 0 Å². The molecule has 2 aliphatic rings. The highest BCUT2D eigenvalue weighted by molar-refractivity contribution is 5.29. The van der Waals surface area contributed by atoms with Crippen LogP contribution in [-0.2, 0) is 33.1 Å². The molecule has 2 heterocycles. The van der Waals surface area contributed by atoms with Crippen LogP contribution in [-0.4, -0.2) is 73.0 Å². The van der Waals surface area contributed by atoms with E-state index < -0.39 is 0 Å². The maximum Gasteiger partial charge on any atom is 0.105 e. The van der Waals surface area contributed by atoms with Crippen molar-refractivity contribution in [1.82, 2.24) is 0 Å². The Morgan fingerprint density at radius 1 is 0.583 bits per heavy atom. The molecule has 8 atom stereocenters. The van der Waals surface area contributed by atoms with Crippen LogP contribution >= 0.6 is 0 Å². The molecule has 0 radical (unpaired) electrons. The van der Waals surface area contributed by atoms with Crippen molar-refractivity contribution in [1.29, 1.82) is 0 Å². The summed E-state index contributed by atoms with van der Waals surface area (Å²) in [5, 5.41) is 26.1. The second-order valence-corrected chi connectivity index (χ2v) is 17.2. The summed E-state index contributed by atoms with van der Waals surface area (Å²) in [4.78, 5) is 0. The first-order chi connectivity index (χ1) is 22.3.